The van der Waals surface area contributed by atoms with E-state index in [1.54, 1.807) is 19.2 Å². The lowest BCUT2D eigenvalue weighted by molar-refractivity contribution is -0.136. The fourth-order valence-corrected chi connectivity index (χ4v) is 3.65. The molecule has 1 aliphatic rings. The number of allylic oxidation sites excluding steroid dienone is 1. The van der Waals surface area contributed by atoms with E-state index in [-0.39, 0.29) is 0 Å². The molecule has 0 aromatic heterocycles. The van der Waals surface area contributed by atoms with Gasteiger partial charge in [0.2, 0.25) is 0 Å². The van der Waals surface area contributed by atoms with E-state index in [1.807, 2.05) is 48.2 Å². The molecular formula is C20H19ClN2O3S. The number of anilines is 1. The first-order valence-electron chi connectivity index (χ1n) is 8.25. The van der Waals surface area contributed by atoms with Crippen molar-refractivity contribution < 1.29 is 14.3 Å². The van der Waals surface area contributed by atoms with Gasteiger partial charge in [0.05, 0.1) is 25.8 Å². The van der Waals surface area contributed by atoms with Crippen molar-refractivity contribution in [1.29, 1.82) is 0 Å². The number of esters is 1. The van der Waals surface area contributed by atoms with Gasteiger partial charge in [-0.15, -0.1) is 0 Å². The van der Waals surface area contributed by atoms with E-state index in [1.165, 1.54) is 7.11 Å². The van der Waals surface area contributed by atoms with E-state index in [0.29, 0.717) is 21.4 Å². The minimum absolute atomic E-state index is 0.425. The molecule has 2 aromatic carbocycles. The summed E-state index contributed by atoms with van der Waals surface area (Å²) in [7, 11) is 2.97. The van der Waals surface area contributed by atoms with Crippen molar-refractivity contribution in [3.63, 3.8) is 0 Å². The molecule has 2 aromatic rings. The van der Waals surface area contributed by atoms with Gasteiger partial charge in [0.1, 0.15) is 5.75 Å². The van der Waals surface area contributed by atoms with Gasteiger partial charge in [-0.05, 0) is 61.1 Å². The standard InChI is InChI=1S/C20H19ClN2O3S/c1-12-17(19(24)26-3)18(13-5-4-6-14(21)11-13)22-20(27)23(12)15-7-9-16(25-2)10-8-15/h4-11,18H,1-3H3,(H,22,27). The van der Waals surface area contributed by atoms with Crippen molar-refractivity contribution in [3.05, 3.63) is 70.4 Å². The van der Waals surface area contributed by atoms with Crippen LogP contribution >= 0.6 is 23.8 Å². The van der Waals surface area contributed by atoms with Crippen LogP contribution in [-0.2, 0) is 9.53 Å². The average molecular weight is 403 g/mol. The topological polar surface area (TPSA) is 50.8 Å². The van der Waals surface area contributed by atoms with Crippen molar-refractivity contribution in [3.8, 4) is 5.75 Å². The van der Waals surface area contributed by atoms with E-state index >= 15 is 0 Å². The highest BCUT2D eigenvalue weighted by Crippen LogP contribution is 2.35. The number of carbonyl (C=O) groups excluding carboxylic acids is 1. The lowest BCUT2D eigenvalue weighted by Gasteiger charge is -2.37. The van der Waals surface area contributed by atoms with Crippen LogP contribution in [0.15, 0.2) is 59.8 Å². The summed E-state index contributed by atoms with van der Waals surface area (Å²) in [4.78, 5) is 14.4. The van der Waals surface area contributed by atoms with Gasteiger partial charge in [0, 0.05) is 16.4 Å². The summed E-state index contributed by atoms with van der Waals surface area (Å²) in [5.41, 5.74) is 2.82. The minimum Gasteiger partial charge on any atom is -0.497 e. The molecule has 140 valence electrons. The Hall–Kier alpha value is -2.57. The maximum atomic E-state index is 12.6. The Morgan fingerprint density at radius 2 is 1.89 bits per heavy atom. The van der Waals surface area contributed by atoms with E-state index < -0.39 is 12.0 Å². The highest BCUT2D eigenvalue weighted by molar-refractivity contribution is 7.80. The first-order chi connectivity index (χ1) is 13.0. The van der Waals surface area contributed by atoms with Crippen LogP contribution in [-0.4, -0.2) is 25.3 Å². The summed E-state index contributed by atoms with van der Waals surface area (Å²) >= 11 is 11.7. The number of nitrogens with one attached hydrogen (secondary N) is 1. The number of hydrogen-bond acceptors (Lipinski definition) is 4. The SMILES string of the molecule is COC(=O)C1=C(C)N(c2ccc(OC)cc2)C(=S)NC1c1cccc(Cl)c1. The molecule has 1 unspecified atom stereocenters. The van der Waals surface area contributed by atoms with Gasteiger partial charge in [-0.3, -0.25) is 4.90 Å². The summed E-state index contributed by atoms with van der Waals surface area (Å²) in [5, 5.41) is 4.31. The molecular weight excluding hydrogens is 384 g/mol. The molecule has 0 spiro atoms. The number of thiocarbonyl (C=S) groups is 1. The van der Waals surface area contributed by atoms with Gasteiger partial charge < -0.3 is 14.8 Å². The molecule has 3 rings (SSSR count). The first-order valence-corrected chi connectivity index (χ1v) is 9.04. The van der Waals surface area contributed by atoms with E-state index in [2.05, 4.69) is 5.32 Å². The molecule has 5 nitrogen and oxygen atoms in total. The zero-order chi connectivity index (χ0) is 19.6. The van der Waals surface area contributed by atoms with Crippen LogP contribution in [0.3, 0.4) is 0 Å². The van der Waals surface area contributed by atoms with Gasteiger partial charge in [-0.2, -0.15) is 0 Å². The fraction of sp³-hybridized carbons (Fsp3) is 0.200. The van der Waals surface area contributed by atoms with Crippen molar-refractivity contribution in [2.45, 2.75) is 13.0 Å². The molecule has 0 radical (unpaired) electrons. The van der Waals surface area contributed by atoms with Gasteiger partial charge in [-0.25, -0.2) is 4.79 Å². The Kier molecular flexibility index (Phi) is 5.68. The van der Waals surface area contributed by atoms with Crippen LogP contribution in [0.2, 0.25) is 5.02 Å². The Bertz CT molecular complexity index is 912. The Labute approximate surface area is 168 Å². The maximum Gasteiger partial charge on any atom is 0.337 e. The third-order valence-corrected chi connectivity index (χ3v) is 4.94. The second-order valence-corrected chi connectivity index (χ2v) is 6.78. The van der Waals surface area contributed by atoms with Gasteiger partial charge in [0.25, 0.3) is 0 Å². The zero-order valence-corrected chi connectivity index (χ0v) is 16.7. The monoisotopic (exact) mass is 402 g/mol. The predicted molar refractivity (Wildman–Crippen MR) is 110 cm³/mol. The molecule has 7 heteroatoms. The van der Waals surface area contributed by atoms with Crippen LogP contribution in [0.4, 0.5) is 5.69 Å². The molecule has 0 bridgehead atoms. The number of rotatable bonds is 4. The number of halogens is 1. The molecule has 1 aliphatic heterocycles. The Morgan fingerprint density at radius 1 is 1.19 bits per heavy atom. The van der Waals surface area contributed by atoms with Crippen molar-refractivity contribution in [2.75, 3.05) is 19.1 Å². The van der Waals surface area contributed by atoms with Crippen LogP contribution in [0.5, 0.6) is 5.75 Å². The maximum absolute atomic E-state index is 12.6. The van der Waals surface area contributed by atoms with Crippen LogP contribution in [0.1, 0.15) is 18.5 Å². The number of hydrogen-bond donors (Lipinski definition) is 1. The zero-order valence-electron chi connectivity index (χ0n) is 15.2. The summed E-state index contributed by atoms with van der Waals surface area (Å²) in [6.45, 7) is 1.85. The number of ether oxygens (including phenoxy) is 2. The number of carbonyl (C=O) groups is 1. The Balaban J connectivity index is 2.11. The summed E-state index contributed by atoms with van der Waals surface area (Å²) in [6, 6.07) is 14.3. The normalized spacial score (nSPS) is 16.8. The van der Waals surface area contributed by atoms with Crippen molar-refractivity contribution in [2.24, 2.45) is 0 Å². The molecule has 27 heavy (non-hydrogen) atoms. The van der Waals surface area contributed by atoms with Crippen LogP contribution < -0.4 is 15.0 Å². The largest absolute Gasteiger partial charge is 0.497 e. The highest BCUT2D eigenvalue weighted by Gasteiger charge is 2.35. The molecule has 0 fully saturated rings. The molecule has 1 N–H and O–H groups in total. The summed E-state index contributed by atoms with van der Waals surface area (Å²) < 4.78 is 10.2. The third kappa shape index (κ3) is 3.77. The van der Waals surface area contributed by atoms with E-state index in [0.717, 1.165) is 17.0 Å². The fourth-order valence-electron chi connectivity index (χ4n) is 3.10. The van der Waals surface area contributed by atoms with Crippen molar-refractivity contribution >= 4 is 40.6 Å². The van der Waals surface area contributed by atoms with Gasteiger partial charge in [0.15, 0.2) is 5.11 Å². The van der Waals surface area contributed by atoms with Crippen molar-refractivity contribution in [1.82, 2.24) is 5.32 Å². The lowest BCUT2D eigenvalue weighted by Crippen LogP contribution is -2.48. The predicted octanol–water partition coefficient (Wildman–Crippen LogP) is 4.23. The molecule has 1 atom stereocenters. The highest BCUT2D eigenvalue weighted by atomic mass is 35.5. The van der Waals surface area contributed by atoms with Crippen LogP contribution in [0, 0.1) is 0 Å². The molecule has 0 amide bonds. The molecule has 0 aliphatic carbocycles. The minimum atomic E-state index is -0.446. The first kappa shape index (κ1) is 19.2. The average Bonchev–Trinajstić information content (AvgIpc) is 2.67. The van der Waals surface area contributed by atoms with Crippen LogP contribution in [0.25, 0.3) is 0 Å². The van der Waals surface area contributed by atoms with E-state index in [9.17, 15) is 4.79 Å². The van der Waals surface area contributed by atoms with E-state index in [4.69, 9.17) is 33.3 Å². The molecule has 1 heterocycles. The second-order valence-electron chi connectivity index (χ2n) is 5.96. The molecule has 0 saturated carbocycles. The number of nitrogens with zero attached hydrogens (tertiary/aromatic N) is 1. The summed E-state index contributed by atoms with van der Waals surface area (Å²) in [5.74, 6) is 0.312. The third-order valence-electron chi connectivity index (χ3n) is 4.40. The quantitative estimate of drug-likeness (QED) is 0.610. The number of benzene rings is 2. The number of methoxy groups -OCH3 is 2. The second kappa shape index (κ2) is 7.98. The van der Waals surface area contributed by atoms with Gasteiger partial charge >= 0.3 is 5.97 Å². The smallest absolute Gasteiger partial charge is 0.337 e. The summed E-state index contributed by atoms with van der Waals surface area (Å²) in [6.07, 6.45) is 0. The lowest BCUT2D eigenvalue weighted by atomic mass is 9.95. The van der Waals surface area contributed by atoms with Gasteiger partial charge in [-0.1, -0.05) is 23.7 Å². The molecule has 0 saturated heterocycles. The Morgan fingerprint density at radius 3 is 2.48 bits per heavy atom.